The van der Waals surface area contributed by atoms with Crippen LogP contribution >= 0.6 is 0 Å². The number of nitrogens with zero attached hydrogens (tertiary/aromatic N) is 2. The fourth-order valence-electron chi connectivity index (χ4n) is 2.40. The van der Waals surface area contributed by atoms with Gasteiger partial charge in [0.25, 0.3) is 0 Å². The van der Waals surface area contributed by atoms with Gasteiger partial charge in [-0.2, -0.15) is 0 Å². The average molecular weight is 363 g/mol. The van der Waals surface area contributed by atoms with Crippen molar-refractivity contribution in [2.75, 3.05) is 7.11 Å². The summed E-state index contributed by atoms with van der Waals surface area (Å²) in [5.41, 5.74) is 3.01. The monoisotopic (exact) mass is 363 g/mol. The van der Waals surface area contributed by atoms with Crippen LogP contribution in [0.25, 0.3) is 17.3 Å². The Labute approximate surface area is 156 Å². The molecule has 1 heterocycles. The molecule has 0 fully saturated rings. The predicted octanol–water partition coefficient (Wildman–Crippen LogP) is 3.62. The lowest BCUT2D eigenvalue weighted by Crippen LogP contribution is -2.20. The smallest absolute Gasteiger partial charge is 0.244 e. The molecule has 0 spiro atoms. The summed E-state index contributed by atoms with van der Waals surface area (Å²) in [5, 5.41) is 2.78. The number of carbonyl (C=O) groups is 1. The van der Waals surface area contributed by atoms with Gasteiger partial charge in [-0.3, -0.25) is 4.79 Å². The highest BCUT2D eigenvalue weighted by molar-refractivity contribution is 5.91. The van der Waals surface area contributed by atoms with Crippen LogP contribution in [0.1, 0.15) is 11.3 Å². The second-order valence-corrected chi connectivity index (χ2v) is 5.73. The highest BCUT2D eigenvalue weighted by atomic mass is 19.1. The Morgan fingerprint density at radius 2 is 1.85 bits per heavy atom. The Morgan fingerprint density at radius 1 is 1.11 bits per heavy atom. The third kappa shape index (κ3) is 5.22. The van der Waals surface area contributed by atoms with Gasteiger partial charge in [-0.15, -0.1) is 0 Å². The maximum atomic E-state index is 13.0. The Kier molecular flexibility index (Phi) is 5.89. The van der Waals surface area contributed by atoms with Crippen molar-refractivity contribution in [3.8, 4) is 17.0 Å². The van der Waals surface area contributed by atoms with Crippen molar-refractivity contribution in [1.29, 1.82) is 0 Å². The minimum absolute atomic E-state index is 0.229. The van der Waals surface area contributed by atoms with Crippen LogP contribution in [0.3, 0.4) is 0 Å². The molecule has 5 nitrogen and oxygen atoms in total. The summed E-state index contributed by atoms with van der Waals surface area (Å²) in [6.45, 7) is 0.266. The van der Waals surface area contributed by atoms with Gasteiger partial charge in [0.05, 0.1) is 25.0 Å². The van der Waals surface area contributed by atoms with Crippen molar-refractivity contribution in [3.63, 3.8) is 0 Å². The number of amides is 1. The largest absolute Gasteiger partial charge is 0.497 e. The predicted molar refractivity (Wildman–Crippen MR) is 101 cm³/mol. The highest BCUT2D eigenvalue weighted by Crippen LogP contribution is 2.17. The van der Waals surface area contributed by atoms with Gasteiger partial charge < -0.3 is 10.1 Å². The molecule has 1 amide bonds. The maximum absolute atomic E-state index is 13.0. The van der Waals surface area contributed by atoms with Crippen LogP contribution in [0.4, 0.5) is 4.39 Å². The minimum Gasteiger partial charge on any atom is -0.497 e. The molecular formula is C21H18FN3O2. The molecule has 0 aliphatic rings. The number of ether oxygens (including phenoxy) is 1. The van der Waals surface area contributed by atoms with E-state index < -0.39 is 0 Å². The molecule has 27 heavy (non-hydrogen) atoms. The van der Waals surface area contributed by atoms with Crippen molar-refractivity contribution in [2.45, 2.75) is 6.54 Å². The highest BCUT2D eigenvalue weighted by Gasteiger charge is 2.04. The quantitative estimate of drug-likeness (QED) is 0.680. The summed E-state index contributed by atoms with van der Waals surface area (Å²) in [6.07, 6.45) is 4.61. The summed E-state index contributed by atoms with van der Waals surface area (Å²) >= 11 is 0. The number of methoxy groups -OCH3 is 1. The van der Waals surface area contributed by atoms with Crippen LogP contribution in [0.2, 0.25) is 0 Å². The van der Waals surface area contributed by atoms with Crippen LogP contribution in [0.15, 0.2) is 67.0 Å². The van der Waals surface area contributed by atoms with E-state index in [1.165, 1.54) is 24.5 Å². The van der Waals surface area contributed by atoms with E-state index in [0.717, 1.165) is 16.9 Å². The molecule has 0 saturated carbocycles. The molecule has 3 aromatic rings. The van der Waals surface area contributed by atoms with Gasteiger partial charge in [0, 0.05) is 11.6 Å². The molecule has 0 saturated heterocycles. The normalized spacial score (nSPS) is 10.7. The van der Waals surface area contributed by atoms with Gasteiger partial charge in [-0.25, -0.2) is 14.4 Å². The summed E-state index contributed by atoms with van der Waals surface area (Å²) in [7, 11) is 1.60. The van der Waals surface area contributed by atoms with E-state index in [9.17, 15) is 9.18 Å². The molecule has 1 N–H and O–H groups in total. The van der Waals surface area contributed by atoms with Gasteiger partial charge in [0.1, 0.15) is 17.9 Å². The van der Waals surface area contributed by atoms with E-state index in [1.807, 2.05) is 24.3 Å². The number of nitrogens with one attached hydrogen (secondary N) is 1. The lowest BCUT2D eigenvalue weighted by atomic mass is 10.1. The lowest BCUT2D eigenvalue weighted by molar-refractivity contribution is -0.116. The molecule has 0 aliphatic carbocycles. The van der Waals surface area contributed by atoms with Crippen LogP contribution in [-0.4, -0.2) is 23.0 Å². The van der Waals surface area contributed by atoms with Crippen molar-refractivity contribution in [1.82, 2.24) is 15.3 Å². The number of rotatable bonds is 6. The van der Waals surface area contributed by atoms with Gasteiger partial charge in [-0.1, -0.05) is 12.1 Å². The van der Waals surface area contributed by atoms with Crippen molar-refractivity contribution >= 4 is 12.0 Å². The van der Waals surface area contributed by atoms with E-state index in [2.05, 4.69) is 15.3 Å². The number of carbonyl (C=O) groups excluding carboxylic acids is 1. The number of aromatic nitrogens is 2. The van der Waals surface area contributed by atoms with Crippen LogP contribution in [0.5, 0.6) is 5.75 Å². The fourth-order valence-corrected chi connectivity index (χ4v) is 2.40. The Hall–Kier alpha value is -3.54. The average Bonchev–Trinajstić information content (AvgIpc) is 2.72. The first-order valence-corrected chi connectivity index (χ1v) is 8.31. The molecule has 0 unspecified atom stereocenters. The molecule has 0 aliphatic heterocycles. The standard InChI is InChI=1S/C21H18FN3O2/c1-27-19-9-2-15(3-10-19)4-11-21(26)23-13-18-12-20(25-14-24-18)16-5-7-17(22)8-6-16/h2-12,14H,13H2,1H3,(H,23,26)/b11-4+. The van der Waals surface area contributed by atoms with Gasteiger partial charge >= 0.3 is 0 Å². The van der Waals surface area contributed by atoms with Crippen LogP contribution < -0.4 is 10.1 Å². The molecule has 2 aromatic carbocycles. The molecule has 1 aromatic heterocycles. The van der Waals surface area contributed by atoms with E-state index in [-0.39, 0.29) is 18.3 Å². The lowest BCUT2D eigenvalue weighted by Gasteiger charge is -2.05. The first-order chi connectivity index (χ1) is 13.1. The molecule has 3 rings (SSSR count). The van der Waals surface area contributed by atoms with Gasteiger partial charge in [0.15, 0.2) is 0 Å². The summed E-state index contributed by atoms with van der Waals surface area (Å²) in [6, 6.07) is 15.2. The number of hydrogen-bond acceptors (Lipinski definition) is 4. The zero-order valence-corrected chi connectivity index (χ0v) is 14.7. The number of hydrogen-bond donors (Lipinski definition) is 1. The number of halogens is 1. The Bertz CT molecular complexity index is 938. The zero-order chi connectivity index (χ0) is 19.1. The molecule has 6 heteroatoms. The van der Waals surface area contributed by atoms with E-state index in [4.69, 9.17) is 4.74 Å². The first-order valence-electron chi connectivity index (χ1n) is 8.31. The molecule has 136 valence electrons. The molecule has 0 bridgehead atoms. The summed E-state index contributed by atoms with van der Waals surface area (Å²) < 4.78 is 18.1. The van der Waals surface area contributed by atoms with E-state index >= 15 is 0 Å². The van der Waals surface area contributed by atoms with Crippen LogP contribution in [-0.2, 0) is 11.3 Å². The second-order valence-electron chi connectivity index (χ2n) is 5.73. The zero-order valence-electron chi connectivity index (χ0n) is 14.7. The van der Waals surface area contributed by atoms with E-state index in [1.54, 1.807) is 31.4 Å². The van der Waals surface area contributed by atoms with E-state index in [0.29, 0.717) is 11.4 Å². The molecule has 0 atom stereocenters. The summed E-state index contributed by atoms with van der Waals surface area (Å²) in [4.78, 5) is 20.3. The maximum Gasteiger partial charge on any atom is 0.244 e. The molecular weight excluding hydrogens is 345 g/mol. The van der Waals surface area contributed by atoms with Crippen molar-refractivity contribution < 1.29 is 13.9 Å². The minimum atomic E-state index is -0.302. The van der Waals surface area contributed by atoms with Crippen molar-refractivity contribution in [2.24, 2.45) is 0 Å². The number of benzene rings is 2. The summed E-state index contributed by atoms with van der Waals surface area (Å²) in [5.74, 6) is 0.231. The second kappa shape index (κ2) is 8.71. The third-order valence-electron chi connectivity index (χ3n) is 3.85. The van der Waals surface area contributed by atoms with Gasteiger partial charge in [-0.05, 0) is 54.1 Å². The topological polar surface area (TPSA) is 64.1 Å². The third-order valence-corrected chi connectivity index (χ3v) is 3.85. The Balaban J connectivity index is 1.59. The molecule has 0 radical (unpaired) electrons. The van der Waals surface area contributed by atoms with Crippen LogP contribution in [0, 0.1) is 5.82 Å². The fraction of sp³-hybridized carbons (Fsp3) is 0.0952. The van der Waals surface area contributed by atoms with Gasteiger partial charge in [0.2, 0.25) is 5.91 Å². The van der Waals surface area contributed by atoms with Crippen molar-refractivity contribution in [3.05, 3.63) is 84.1 Å². The SMILES string of the molecule is COc1ccc(/C=C/C(=O)NCc2cc(-c3ccc(F)cc3)ncn2)cc1. The first kappa shape index (κ1) is 18.3. The Morgan fingerprint density at radius 3 is 2.56 bits per heavy atom.